The van der Waals surface area contributed by atoms with Crippen LogP contribution in [0.25, 0.3) is 0 Å². The van der Waals surface area contributed by atoms with Crippen molar-refractivity contribution in [2.75, 3.05) is 12.3 Å². The van der Waals surface area contributed by atoms with Crippen LogP contribution in [0.5, 0.6) is 0 Å². The molecular formula is C21H22N2O3S3. The lowest BCUT2D eigenvalue weighted by Crippen LogP contribution is -2.26. The first-order valence-electron chi connectivity index (χ1n) is 9.15. The molecule has 1 aromatic heterocycles. The average molecular weight is 447 g/mol. The van der Waals surface area contributed by atoms with Crippen molar-refractivity contribution in [3.05, 3.63) is 82.3 Å². The van der Waals surface area contributed by atoms with E-state index in [1.54, 1.807) is 46.8 Å². The number of nitrogens with one attached hydrogen (secondary N) is 1. The molecule has 1 amide bonds. The third-order valence-electron chi connectivity index (χ3n) is 4.14. The fourth-order valence-corrected chi connectivity index (χ4v) is 5.78. The summed E-state index contributed by atoms with van der Waals surface area (Å²) in [6.45, 7) is 0.317. The van der Waals surface area contributed by atoms with Crippen molar-refractivity contribution in [1.29, 1.82) is 0 Å². The van der Waals surface area contributed by atoms with Gasteiger partial charge in [-0.3, -0.25) is 4.79 Å². The lowest BCUT2D eigenvalue weighted by molar-refractivity contribution is 0.0950. The molecule has 29 heavy (non-hydrogen) atoms. The molecule has 0 spiro atoms. The maximum absolute atomic E-state index is 12.6. The Morgan fingerprint density at radius 1 is 1.07 bits per heavy atom. The summed E-state index contributed by atoms with van der Waals surface area (Å²) in [4.78, 5) is 17.7. The van der Waals surface area contributed by atoms with Crippen LogP contribution in [0.4, 0.5) is 0 Å². The van der Waals surface area contributed by atoms with Crippen molar-refractivity contribution in [2.45, 2.75) is 22.8 Å². The van der Waals surface area contributed by atoms with Gasteiger partial charge in [-0.2, -0.15) is 0 Å². The minimum Gasteiger partial charge on any atom is -0.352 e. The summed E-state index contributed by atoms with van der Waals surface area (Å²) < 4.78 is 24.5. The van der Waals surface area contributed by atoms with Gasteiger partial charge in [0.1, 0.15) is 0 Å². The molecule has 152 valence electrons. The van der Waals surface area contributed by atoms with Gasteiger partial charge in [0, 0.05) is 22.6 Å². The number of hydrogen-bond acceptors (Lipinski definition) is 6. The standard InChI is InChI=1S/C21H22N2O3S3/c24-21(19-9-4-5-10-20(19)28-14-18-13-27-16-23-18)22-11-6-12-29(25,26)15-17-7-2-1-3-8-17/h1-5,7-10,13,16H,6,11-12,14-15H2,(H,22,24). The smallest absolute Gasteiger partial charge is 0.252 e. The normalized spacial score (nSPS) is 11.3. The highest BCUT2D eigenvalue weighted by molar-refractivity contribution is 7.98. The summed E-state index contributed by atoms with van der Waals surface area (Å²) >= 11 is 3.11. The molecule has 0 aliphatic heterocycles. The second-order valence-electron chi connectivity index (χ2n) is 6.45. The minimum absolute atomic E-state index is 0.0257. The van der Waals surface area contributed by atoms with E-state index in [-0.39, 0.29) is 17.4 Å². The first kappa shape index (κ1) is 21.5. The Morgan fingerprint density at radius 2 is 1.83 bits per heavy atom. The molecule has 5 nitrogen and oxygen atoms in total. The molecule has 8 heteroatoms. The molecule has 0 unspecified atom stereocenters. The predicted octanol–water partition coefficient (Wildman–Crippen LogP) is 4.17. The van der Waals surface area contributed by atoms with Crippen molar-refractivity contribution >= 4 is 38.8 Å². The van der Waals surface area contributed by atoms with Crippen LogP contribution < -0.4 is 5.32 Å². The Morgan fingerprint density at radius 3 is 2.59 bits per heavy atom. The third-order valence-corrected chi connectivity index (χ3v) is 7.56. The maximum Gasteiger partial charge on any atom is 0.252 e. The van der Waals surface area contributed by atoms with Gasteiger partial charge in [0.2, 0.25) is 0 Å². The highest BCUT2D eigenvalue weighted by Crippen LogP contribution is 2.26. The second kappa shape index (κ2) is 10.6. The largest absolute Gasteiger partial charge is 0.352 e. The number of amides is 1. The lowest BCUT2D eigenvalue weighted by Gasteiger charge is -2.10. The lowest BCUT2D eigenvalue weighted by atomic mass is 10.2. The molecule has 0 fully saturated rings. The molecule has 1 heterocycles. The van der Waals surface area contributed by atoms with Crippen molar-refractivity contribution in [2.24, 2.45) is 0 Å². The molecular weight excluding hydrogens is 424 g/mol. The molecule has 0 radical (unpaired) electrons. The fourth-order valence-electron chi connectivity index (χ4n) is 2.73. The van der Waals surface area contributed by atoms with Crippen LogP contribution in [0.1, 0.15) is 28.0 Å². The first-order valence-corrected chi connectivity index (χ1v) is 12.9. The molecule has 3 rings (SSSR count). The van der Waals surface area contributed by atoms with Gasteiger partial charge in [-0.05, 0) is 24.1 Å². The zero-order chi connectivity index (χ0) is 20.5. The number of benzene rings is 2. The van der Waals surface area contributed by atoms with Crippen LogP contribution in [-0.2, 0) is 21.3 Å². The Labute approximate surface area is 179 Å². The van der Waals surface area contributed by atoms with Crippen molar-refractivity contribution in [3.8, 4) is 0 Å². The Bertz CT molecular complexity index is 1020. The van der Waals surface area contributed by atoms with Crippen LogP contribution in [0.3, 0.4) is 0 Å². The zero-order valence-electron chi connectivity index (χ0n) is 15.8. The van der Waals surface area contributed by atoms with Gasteiger partial charge in [-0.1, -0.05) is 42.5 Å². The fraction of sp³-hybridized carbons (Fsp3) is 0.238. The topological polar surface area (TPSA) is 76.1 Å². The van der Waals surface area contributed by atoms with E-state index in [0.29, 0.717) is 24.3 Å². The van der Waals surface area contributed by atoms with E-state index in [2.05, 4.69) is 10.3 Å². The number of thioether (sulfide) groups is 1. The van der Waals surface area contributed by atoms with E-state index in [1.807, 2.05) is 41.8 Å². The Kier molecular flexibility index (Phi) is 7.85. The van der Waals surface area contributed by atoms with Gasteiger partial charge in [0.25, 0.3) is 5.91 Å². The summed E-state index contributed by atoms with van der Waals surface area (Å²) in [5.74, 6) is 0.582. The summed E-state index contributed by atoms with van der Waals surface area (Å²) in [5, 5.41) is 4.83. The Hall–Kier alpha value is -2.16. The predicted molar refractivity (Wildman–Crippen MR) is 119 cm³/mol. The summed E-state index contributed by atoms with van der Waals surface area (Å²) in [7, 11) is -3.20. The van der Waals surface area contributed by atoms with Crippen LogP contribution in [0, 0.1) is 0 Å². The van der Waals surface area contributed by atoms with Crippen molar-refractivity contribution in [1.82, 2.24) is 10.3 Å². The molecule has 1 N–H and O–H groups in total. The molecule has 0 saturated carbocycles. The second-order valence-corrected chi connectivity index (χ2v) is 10.4. The Balaban J connectivity index is 1.48. The zero-order valence-corrected chi connectivity index (χ0v) is 18.2. The molecule has 2 aromatic carbocycles. The number of rotatable bonds is 10. The van der Waals surface area contributed by atoms with E-state index in [1.165, 1.54) is 0 Å². The van der Waals surface area contributed by atoms with Gasteiger partial charge in [0.05, 0.1) is 28.3 Å². The molecule has 0 aliphatic rings. The highest BCUT2D eigenvalue weighted by atomic mass is 32.2. The minimum atomic E-state index is -3.20. The van der Waals surface area contributed by atoms with Crippen LogP contribution in [0.2, 0.25) is 0 Å². The third kappa shape index (κ3) is 6.99. The van der Waals surface area contributed by atoms with Crippen molar-refractivity contribution in [3.63, 3.8) is 0 Å². The molecule has 0 saturated heterocycles. The number of carbonyl (C=O) groups is 1. The SMILES string of the molecule is O=C(NCCCS(=O)(=O)Cc1ccccc1)c1ccccc1SCc1cscn1. The number of carbonyl (C=O) groups excluding carboxylic acids is 1. The van der Waals surface area contributed by atoms with E-state index >= 15 is 0 Å². The molecule has 0 aliphatic carbocycles. The quantitative estimate of drug-likeness (QED) is 0.374. The number of thiazole rings is 1. The summed E-state index contributed by atoms with van der Waals surface area (Å²) in [5.41, 5.74) is 4.15. The first-order chi connectivity index (χ1) is 14.0. The summed E-state index contributed by atoms with van der Waals surface area (Å²) in [6.07, 6.45) is 0.384. The van der Waals surface area contributed by atoms with Crippen LogP contribution in [0.15, 0.2) is 70.4 Å². The number of aromatic nitrogens is 1. The van der Waals surface area contributed by atoms with Gasteiger partial charge in [0.15, 0.2) is 9.84 Å². The molecule has 3 aromatic rings. The van der Waals surface area contributed by atoms with E-state index in [9.17, 15) is 13.2 Å². The number of nitrogens with zero attached hydrogens (tertiary/aromatic N) is 1. The average Bonchev–Trinajstić information content (AvgIpc) is 3.24. The van der Waals surface area contributed by atoms with Gasteiger partial charge in [-0.15, -0.1) is 23.1 Å². The van der Waals surface area contributed by atoms with Gasteiger partial charge < -0.3 is 5.32 Å². The van der Waals surface area contributed by atoms with E-state index in [0.717, 1.165) is 16.2 Å². The van der Waals surface area contributed by atoms with Crippen LogP contribution in [-0.4, -0.2) is 31.6 Å². The monoisotopic (exact) mass is 446 g/mol. The highest BCUT2D eigenvalue weighted by Gasteiger charge is 2.14. The van der Waals surface area contributed by atoms with Gasteiger partial charge in [-0.25, -0.2) is 13.4 Å². The number of hydrogen-bond donors (Lipinski definition) is 1. The van der Waals surface area contributed by atoms with E-state index < -0.39 is 9.84 Å². The molecule has 0 atom stereocenters. The van der Waals surface area contributed by atoms with Crippen LogP contribution >= 0.6 is 23.1 Å². The van der Waals surface area contributed by atoms with E-state index in [4.69, 9.17) is 0 Å². The number of sulfone groups is 1. The maximum atomic E-state index is 12.6. The summed E-state index contributed by atoms with van der Waals surface area (Å²) in [6, 6.07) is 16.5. The van der Waals surface area contributed by atoms with Crippen molar-refractivity contribution < 1.29 is 13.2 Å². The molecule has 0 bridgehead atoms. The van der Waals surface area contributed by atoms with Gasteiger partial charge >= 0.3 is 0 Å².